The predicted octanol–water partition coefficient (Wildman–Crippen LogP) is 0.257. The summed E-state index contributed by atoms with van der Waals surface area (Å²) >= 11 is 0. The van der Waals surface area contributed by atoms with E-state index in [1.54, 1.807) is 14.0 Å². The van der Waals surface area contributed by atoms with Gasteiger partial charge in [-0.2, -0.15) is 5.10 Å². The van der Waals surface area contributed by atoms with Crippen LogP contribution in [0, 0.1) is 5.92 Å². The van der Waals surface area contributed by atoms with E-state index in [0.29, 0.717) is 24.7 Å². The van der Waals surface area contributed by atoms with Crippen LogP contribution in [0.5, 0.6) is 0 Å². The number of carbonyl (C=O) groups excluding carboxylic acids is 3. The van der Waals surface area contributed by atoms with Crippen molar-refractivity contribution in [3.8, 4) is 0 Å². The van der Waals surface area contributed by atoms with Crippen LogP contribution in [0.15, 0.2) is 6.07 Å². The third kappa shape index (κ3) is 5.73. The fraction of sp³-hybridized carbons (Fsp3) is 0.739. The van der Waals surface area contributed by atoms with Crippen LogP contribution in [0.3, 0.4) is 0 Å². The normalized spacial score (nSPS) is 21.9. The Kier molecular flexibility index (Phi) is 8.12. The molecule has 0 spiro atoms. The highest BCUT2D eigenvalue weighted by Crippen LogP contribution is 2.26. The molecule has 2 aliphatic rings. The van der Waals surface area contributed by atoms with Gasteiger partial charge in [-0.15, -0.1) is 0 Å². The number of hydrogen-bond acceptors (Lipinski definition) is 6. The molecule has 1 saturated heterocycles. The Balaban J connectivity index is 1.58. The van der Waals surface area contributed by atoms with Crippen molar-refractivity contribution in [2.75, 3.05) is 59.4 Å². The highest BCUT2D eigenvalue weighted by molar-refractivity contribution is 6.01. The zero-order valence-electron chi connectivity index (χ0n) is 20.7. The minimum absolute atomic E-state index is 0.201. The third-order valence-electron chi connectivity index (χ3n) is 6.86. The second-order valence-electron chi connectivity index (χ2n) is 9.68. The van der Waals surface area contributed by atoms with E-state index in [4.69, 9.17) is 0 Å². The number of carbonyl (C=O) groups is 3. The summed E-state index contributed by atoms with van der Waals surface area (Å²) in [5.74, 6) is -0.358. The van der Waals surface area contributed by atoms with Crippen molar-refractivity contribution < 1.29 is 14.4 Å². The highest BCUT2D eigenvalue weighted by Gasteiger charge is 2.46. The number of aromatic nitrogens is 2. The first kappa shape index (κ1) is 25.2. The van der Waals surface area contributed by atoms with Gasteiger partial charge in [-0.05, 0) is 25.8 Å². The first-order chi connectivity index (χ1) is 15.7. The minimum atomic E-state index is -1.07. The Bertz CT molecular complexity index is 860. The first-order valence-corrected chi connectivity index (χ1v) is 12.0. The smallest absolute Gasteiger partial charge is 0.272 e. The van der Waals surface area contributed by atoms with Crippen molar-refractivity contribution in [2.45, 2.75) is 46.2 Å². The van der Waals surface area contributed by atoms with Crippen molar-refractivity contribution in [2.24, 2.45) is 5.92 Å². The summed E-state index contributed by atoms with van der Waals surface area (Å²) in [6.07, 6.45) is 0.866. The van der Waals surface area contributed by atoms with Crippen molar-refractivity contribution in [1.82, 2.24) is 35.1 Å². The molecule has 10 heteroatoms. The highest BCUT2D eigenvalue weighted by atomic mass is 16.2. The lowest BCUT2D eigenvalue weighted by Crippen LogP contribution is -2.62. The molecule has 0 saturated carbocycles. The Hall–Kier alpha value is -2.46. The average Bonchev–Trinajstić information content (AvgIpc) is 3.21. The predicted molar refractivity (Wildman–Crippen MR) is 126 cm³/mol. The fourth-order valence-corrected chi connectivity index (χ4v) is 4.25. The van der Waals surface area contributed by atoms with E-state index in [9.17, 15) is 14.4 Å². The fourth-order valence-electron chi connectivity index (χ4n) is 4.25. The Labute approximate surface area is 196 Å². The lowest BCUT2D eigenvalue weighted by atomic mass is 9.95. The lowest BCUT2D eigenvalue weighted by molar-refractivity contribution is -0.132. The standard InChI is InChI=1S/C23H39N7O3/c1-6-28-11-13-29(14-12-28)10-9-24-20(31)18-15-19-21(32)27(5)23(4,16-30(19)26-18)22(33)25-8-7-17(2)3/h15,17H,6-14,16H2,1-5H3,(H,24,31)(H,25,33). The molecule has 0 radical (unpaired) electrons. The molecule has 1 unspecified atom stereocenters. The molecule has 1 fully saturated rings. The summed E-state index contributed by atoms with van der Waals surface area (Å²) in [6, 6.07) is 1.52. The van der Waals surface area contributed by atoms with E-state index in [1.165, 1.54) is 15.6 Å². The molecular formula is C23H39N7O3. The Morgan fingerprint density at radius 2 is 1.79 bits per heavy atom. The molecule has 184 valence electrons. The van der Waals surface area contributed by atoms with Gasteiger partial charge in [0.15, 0.2) is 5.69 Å². The van der Waals surface area contributed by atoms with Gasteiger partial charge in [0.05, 0.1) is 6.54 Å². The van der Waals surface area contributed by atoms with Gasteiger partial charge in [-0.3, -0.25) is 24.0 Å². The molecule has 0 bridgehead atoms. The van der Waals surface area contributed by atoms with Crippen LogP contribution in [0.2, 0.25) is 0 Å². The van der Waals surface area contributed by atoms with E-state index in [0.717, 1.165) is 45.7 Å². The van der Waals surface area contributed by atoms with Crippen LogP contribution < -0.4 is 10.6 Å². The first-order valence-electron chi connectivity index (χ1n) is 12.0. The Morgan fingerprint density at radius 1 is 1.12 bits per heavy atom. The van der Waals surface area contributed by atoms with E-state index in [-0.39, 0.29) is 30.0 Å². The van der Waals surface area contributed by atoms with Gasteiger partial charge in [0.1, 0.15) is 11.2 Å². The Morgan fingerprint density at radius 3 is 2.42 bits per heavy atom. The van der Waals surface area contributed by atoms with Crippen LogP contribution in [0.1, 0.15) is 55.1 Å². The maximum Gasteiger partial charge on any atom is 0.272 e. The summed E-state index contributed by atoms with van der Waals surface area (Å²) in [7, 11) is 1.62. The van der Waals surface area contributed by atoms with E-state index < -0.39 is 5.54 Å². The second-order valence-corrected chi connectivity index (χ2v) is 9.68. The number of likely N-dealkylation sites (N-methyl/N-ethyl adjacent to an activating group) is 2. The molecule has 1 atom stereocenters. The number of rotatable bonds is 9. The summed E-state index contributed by atoms with van der Waals surface area (Å²) < 4.78 is 1.49. The molecule has 1 aromatic rings. The van der Waals surface area contributed by atoms with Gasteiger partial charge in [-0.25, -0.2) is 0 Å². The molecule has 2 aliphatic heterocycles. The van der Waals surface area contributed by atoms with Crippen LogP contribution >= 0.6 is 0 Å². The van der Waals surface area contributed by atoms with E-state index in [1.807, 2.05) is 0 Å². The topological polar surface area (TPSA) is 103 Å². The molecule has 33 heavy (non-hydrogen) atoms. The van der Waals surface area contributed by atoms with Crippen LogP contribution in [0.25, 0.3) is 0 Å². The molecule has 3 heterocycles. The monoisotopic (exact) mass is 461 g/mol. The second kappa shape index (κ2) is 10.6. The maximum atomic E-state index is 13.0. The number of nitrogens with zero attached hydrogens (tertiary/aromatic N) is 5. The van der Waals surface area contributed by atoms with Crippen LogP contribution in [0.4, 0.5) is 0 Å². The van der Waals surface area contributed by atoms with E-state index in [2.05, 4.69) is 46.3 Å². The van der Waals surface area contributed by atoms with Crippen LogP contribution in [-0.2, 0) is 11.3 Å². The number of hydrogen-bond donors (Lipinski definition) is 2. The summed E-state index contributed by atoms with van der Waals surface area (Å²) in [4.78, 5) is 44.8. The van der Waals surface area contributed by atoms with Gasteiger partial charge in [0.2, 0.25) is 5.91 Å². The SMILES string of the molecule is CCN1CCN(CCNC(=O)c2cc3n(n2)CC(C)(C(=O)NCCC(C)C)N(C)C3=O)CC1. The zero-order chi connectivity index (χ0) is 24.2. The van der Waals surface area contributed by atoms with Gasteiger partial charge in [0, 0.05) is 58.9 Å². The lowest BCUT2D eigenvalue weighted by Gasteiger charge is -2.40. The molecule has 3 amide bonds. The molecule has 10 nitrogen and oxygen atoms in total. The summed E-state index contributed by atoms with van der Waals surface area (Å²) in [5.41, 5.74) is -0.542. The average molecular weight is 462 g/mol. The molecule has 0 aromatic carbocycles. The number of amides is 3. The minimum Gasteiger partial charge on any atom is -0.354 e. The molecule has 2 N–H and O–H groups in total. The molecule has 1 aromatic heterocycles. The van der Waals surface area contributed by atoms with Crippen molar-refractivity contribution in [3.63, 3.8) is 0 Å². The molecule has 3 rings (SSSR count). The van der Waals surface area contributed by atoms with Gasteiger partial charge < -0.3 is 20.4 Å². The van der Waals surface area contributed by atoms with Crippen molar-refractivity contribution >= 4 is 17.7 Å². The number of nitrogens with one attached hydrogen (secondary N) is 2. The summed E-state index contributed by atoms with van der Waals surface area (Å²) in [5, 5.41) is 10.2. The van der Waals surface area contributed by atoms with Crippen molar-refractivity contribution in [3.05, 3.63) is 17.5 Å². The number of fused-ring (bicyclic) bond motifs is 1. The molecule has 0 aliphatic carbocycles. The third-order valence-corrected chi connectivity index (χ3v) is 6.86. The maximum absolute atomic E-state index is 13.0. The van der Waals surface area contributed by atoms with Gasteiger partial charge >= 0.3 is 0 Å². The molecular weight excluding hydrogens is 422 g/mol. The quantitative estimate of drug-likeness (QED) is 0.547. The van der Waals surface area contributed by atoms with Gasteiger partial charge in [-0.1, -0.05) is 20.8 Å². The van der Waals surface area contributed by atoms with E-state index >= 15 is 0 Å². The summed E-state index contributed by atoms with van der Waals surface area (Å²) in [6.45, 7) is 15.3. The zero-order valence-corrected chi connectivity index (χ0v) is 20.7. The largest absolute Gasteiger partial charge is 0.354 e. The number of piperazine rings is 1. The van der Waals surface area contributed by atoms with Gasteiger partial charge in [0.25, 0.3) is 11.8 Å². The van der Waals surface area contributed by atoms with Crippen molar-refractivity contribution in [1.29, 1.82) is 0 Å². The van der Waals surface area contributed by atoms with Crippen LogP contribution in [-0.4, -0.2) is 107 Å².